The van der Waals surface area contributed by atoms with Crippen LogP contribution in [0.5, 0.6) is 0 Å². The van der Waals surface area contributed by atoms with Gasteiger partial charge in [-0.1, -0.05) is 36.4 Å². The zero-order valence-electron chi connectivity index (χ0n) is 14.0. The van der Waals surface area contributed by atoms with E-state index >= 15 is 0 Å². The number of H-pyrrole nitrogens is 1. The van der Waals surface area contributed by atoms with Crippen LogP contribution in [0.3, 0.4) is 0 Å². The van der Waals surface area contributed by atoms with Crippen LogP contribution < -0.4 is 5.43 Å². The fourth-order valence-corrected chi connectivity index (χ4v) is 2.80. The summed E-state index contributed by atoms with van der Waals surface area (Å²) in [6.45, 7) is -0.681. The van der Waals surface area contributed by atoms with Gasteiger partial charge in [-0.15, -0.1) is 0 Å². The number of rotatable bonds is 5. The monoisotopic (exact) mass is 337 g/mol. The van der Waals surface area contributed by atoms with E-state index in [9.17, 15) is 14.0 Å². The van der Waals surface area contributed by atoms with Gasteiger partial charge >= 0.3 is 0 Å². The van der Waals surface area contributed by atoms with Crippen LogP contribution in [0.25, 0.3) is 10.9 Å². The Balaban J connectivity index is 1.99. The minimum atomic E-state index is -0.644. The molecule has 128 valence electrons. The zero-order chi connectivity index (χ0) is 17.8. The second kappa shape index (κ2) is 7.30. The van der Waals surface area contributed by atoms with Crippen molar-refractivity contribution >= 4 is 16.8 Å². The van der Waals surface area contributed by atoms with Crippen LogP contribution in [0.2, 0.25) is 0 Å². The highest BCUT2D eigenvalue weighted by atomic mass is 18.2. The number of carbonyl (C=O) groups excluding carboxylic acids is 1. The lowest BCUT2D eigenvalue weighted by Crippen LogP contribution is -2.32. The van der Waals surface area contributed by atoms with Crippen molar-refractivity contribution in [2.24, 2.45) is 0 Å². The van der Waals surface area contributed by atoms with Gasteiger partial charge in [0.25, 0.3) is 5.91 Å². The number of alkyl halides is 1. The van der Waals surface area contributed by atoms with Gasteiger partial charge in [0, 0.05) is 30.7 Å². The number of hydrogen-bond acceptors (Lipinski definition) is 2. The number of benzene rings is 2. The number of aromatic nitrogens is 1. The second-order valence-electron chi connectivity index (χ2n) is 5.99. The number of nitrogens with one attached hydrogen (secondary N) is 1. The van der Waals surface area contributed by atoms with E-state index in [4.69, 9.17) is 0 Å². The molecule has 25 heavy (non-hydrogen) atoms. The van der Waals surface area contributed by atoms with Crippen LogP contribution in [-0.4, -0.2) is 36.1 Å². The third-order valence-electron chi connectivity index (χ3n) is 4.19. The van der Waals surface area contributed by atoms with Crippen LogP contribution in [0.1, 0.15) is 21.5 Å². The lowest BCUT2D eigenvalue weighted by atomic mass is 10.0. The van der Waals surface area contributed by atoms with Crippen molar-refractivity contribution in [1.82, 2.24) is 9.88 Å². The van der Waals surface area contributed by atoms with Crippen molar-refractivity contribution in [3.8, 4) is 0 Å². The maximum atomic E-state index is 12.7. The molecule has 2 aromatic carbocycles. The Morgan fingerprint density at radius 2 is 1.88 bits per heavy atom. The predicted molar refractivity (Wildman–Crippen MR) is 96.8 cm³/mol. The van der Waals surface area contributed by atoms with Crippen molar-refractivity contribution in [2.75, 3.05) is 20.3 Å². The van der Waals surface area contributed by atoms with Crippen molar-refractivity contribution in [1.29, 1.82) is 0 Å². The maximum absolute atomic E-state index is 12.7. The van der Waals surface area contributed by atoms with E-state index < -0.39 is 12.6 Å². The normalized spacial score (nSPS) is 10.8. The van der Waals surface area contributed by atoms with E-state index in [1.807, 2.05) is 48.5 Å². The summed E-state index contributed by atoms with van der Waals surface area (Å²) in [6, 6.07) is 15.6. The molecule has 4 nitrogen and oxygen atoms in total. The largest absolute Gasteiger partial charge is 0.360 e. The highest BCUT2D eigenvalue weighted by Gasteiger charge is 2.17. The Morgan fingerprint density at radius 3 is 2.60 bits per heavy atom. The SMILES string of the molecule is CN(CC[18F])C(=O)c1c[nH]c2ccc(Cc3ccccc3)cc2c1=O. The third kappa shape index (κ3) is 3.60. The van der Waals surface area contributed by atoms with E-state index in [1.165, 1.54) is 18.1 Å². The number of nitrogens with zero attached hydrogens (tertiary/aromatic N) is 1. The summed E-state index contributed by atoms with van der Waals surface area (Å²) in [5.41, 5.74) is 2.50. The first-order chi connectivity index (χ1) is 12.1. The van der Waals surface area contributed by atoms with Crippen molar-refractivity contribution in [3.63, 3.8) is 0 Å². The first-order valence-corrected chi connectivity index (χ1v) is 8.10. The molecule has 0 unspecified atom stereocenters. The van der Waals surface area contributed by atoms with Crippen LogP contribution in [0.15, 0.2) is 59.5 Å². The zero-order valence-corrected chi connectivity index (χ0v) is 14.0. The molecule has 0 fully saturated rings. The van der Waals surface area contributed by atoms with Gasteiger partial charge in [-0.05, 0) is 29.7 Å². The smallest absolute Gasteiger partial charge is 0.259 e. The fraction of sp³-hybridized carbons (Fsp3) is 0.200. The molecule has 0 saturated carbocycles. The molecular weight excluding hydrogens is 318 g/mol. The average molecular weight is 337 g/mol. The van der Waals surface area contributed by atoms with Crippen molar-refractivity contribution in [2.45, 2.75) is 6.42 Å². The number of pyridine rings is 1. The molecule has 0 aliphatic rings. The van der Waals surface area contributed by atoms with Gasteiger partial charge in [0.05, 0.1) is 0 Å². The quantitative estimate of drug-likeness (QED) is 0.777. The minimum absolute atomic E-state index is 0.0281. The molecule has 0 spiro atoms. The number of aromatic amines is 1. The van der Waals surface area contributed by atoms with E-state index in [0.717, 1.165) is 11.1 Å². The molecule has 0 radical (unpaired) electrons. The molecule has 0 atom stereocenters. The molecule has 1 aromatic heterocycles. The van der Waals surface area contributed by atoms with E-state index in [2.05, 4.69) is 4.98 Å². The van der Waals surface area contributed by atoms with Crippen LogP contribution in [-0.2, 0) is 6.42 Å². The Kier molecular flexibility index (Phi) is 4.93. The van der Waals surface area contributed by atoms with Gasteiger partial charge in [-0.3, -0.25) is 9.59 Å². The highest BCUT2D eigenvalue weighted by molar-refractivity contribution is 5.97. The van der Waals surface area contributed by atoms with Crippen LogP contribution >= 0.6 is 0 Å². The molecule has 0 bridgehead atoms. The molecule has 3 aromatic rings. The summed E-state index contributed by atoms with van der Waals surface area (Å²) in [7, 11) is 1.48. The maximum Gasteiger partial charge on any atom is 0.259 e. The molecule has 0 saturated heterocycles. The standard InChI is InChI=1S/C20H19FN2O2/c1-23(10-9-21)20(25)17-13-22-18-8-7-15(12-16(18)19(17)24)11-14-5-3-2-4-6-14/h2-8,12-13H,9-11H2,1H3,(H,22,24)/i21-1. The second-order valence-corrected chi connectivity index (χ2v) is 5.99. The average Bonchev–Trinajstić information content (AvgIpc) is 2.63. The fourth-order valence-electron chi connectivity index (χ4n) is 2.80. The summed E-state index contributed by atoms with van der Waals surface area (Å²) in [4.78, 5) is 29.2. The summed E-state index contributed by atoms with van der Waals surface area (Å²) in [6.07, 6.45) is 2.11. The van der Waals surface area contributed by atoms with Gasteiger partial charge in [0.15, 0.2) is 0 Å². The number of carbonyl (C=O) groups is 1. The van der Waals surface area contributed by atoms with Crippen molar-refractivity contribution < 1.29 is 9.18 Å². The first-order valence-electron chi connectivity index (χ1n) is 8.10. The first kappa shape index (κ1) is 16.9. The number of amides is 1. The summed E-state index contributed by atoms with van der Waals surface area (Å²) in [5, 5.41) is 0.466. The molecule has 3 rings (SSSR count). The molecule has 0 aliphatic carbocycles. The summed E-state index contributed by atoms with van der Waals surface area (Å²) in [5.74, 6) is -0.478. The van der Waals surface area contributed by atoms with E-state index in [0.29, 0.717) is 17.3 Å². The topological polar surface area (TPSA) is 53.2 Å². The minimum Gasteiger partial charge on any atom is -0.360 e. The van der Waals surface area contributed by atoms with Gasteiger partial charge in [0.1, 0.15) is 12.2 Å². The lowest BCUT2D eigenvalue weighted by Gasteiger charge is -2.15. The van der Waals surface area contributed by atoms with Gasteiger partial charge < -0.3 is 9.88 Å². The van der Waals surface area contributed by atoms with Gasteiger partial charge in [-0.25, -0.2) is 4.39 Å². The molecule has 0 aliphatic heterocycles. The lowest BCUT2D eigenvalue weighted by molar-refractivity contribution is 0.0784. The van der Waals surface area contributed by atoms with Crippen LogP contribution in [0.4, 0.5) is 4.39 Å². The van der Waals surface area contributed by atoms with E-state index in [-0.39, 0.29) is 17.5 Å². The molecule has 5 heteroatoms. The van der Waals surface area contributed by atoms with Gasteiger partial charge in [0.2, 0.25) is 5.43 Å². The Hall–Kier alpha value is -2.95. The molecular formula is C20H19FN2O2. The van der Waals surface area contributed by atoms with E-state index in [1.54, 1.807) is 0 Å². The summed E-state index contributed by atoms with van der Waals surface area (Å²) < 4.78 is 12.5. The highest BCUT2D eigenvalue weighted by Crippen LogP contribution is 2.15. The van der Waals surface area contributed by atoms with Crippen LogP contribution in [0, 0.1) is 0 Å². The number of halogens is 1. The molecule has 1 amide bonds. The molecule has 1 N–H and O–H groups in total. The Morgan fingerprint density at radius 1 is 1.12 bits per heavy atom. The summed E-state index contributed by atoms with van der Waals surface area (Å²) >= 11 is 0. The number of hydrogen-bond donors (Lipinski definition) is 1. The Bertz CT molecular complexity index is 951. The Labute approximate surface area is 144 Å². The van der Waals surface area contributed by atoms with Gasteiger partial charge in [-0.2, -0.15) is 0 Å². The molecule has 1 heterocycles. The number of fused-ring (bicyclic) bond motifs is 1. The van der Waals surface area contributed by atoms with Crippen molar-refractivity contribution in [3.05, 3.63) is 81.6 Å². The predicted octanol–water partition coefficient (Wildman–Crippen LogP) is 3.16. The third-order valence-corrected chi connectivity index (χ3v) is 4.19.